The normalized spacial score (nSPS) is 12.0. The first-order valence-corrected chi connectivity index (χ1v) is 16.1. The lowest BCUT2D eigenvalue weighted by atomic mass is 10.0. The van der Waals surface area contributed by atoms with Crippen molar-refractivity contribution >= 4 is 59.4 Å². The maximum absolute atomic E-state index is 14.1. The first kappa shape index (κ1) is 30.8. The number of carbonyl (C=O) groups is 2. The number of rotatable bonds is 13. The SMILES string of the molecule is CCCCNC(=O)[C@H](Cc1ccccc1)N(Cc1cccc(Br)c1)C(=O)CN(c1ccccc1Br)S(C)(=O)=O. The minimum Gasteiger partial charge on any atom is -0.354 e. The fraction of sp³-hybridized carbons (Fsp3) is 0.310. The van der Waals surface area contributed by atoms with Crippen LogP contribution in [0.1, 0.15) is 30.9 Å². The number of amides is 2. The van der Waals surface area contributed by atoms with Gasteiger partial charge in [-0.25, -0.2) is 8.42 Å². The Balaban J connectivity index is 2.04. The number of carbonyl (C=O) groups excluding carboxylic acids is 2. The van der Waals surface area contributed by atoms with Crippen molar-refractivity contribution in [2.75, 3.05) is 23.7 Å². The Morgan fingerprint density at radius 2 is 1.59 bits per heavy atom. The van der Waals surface area contributed by atoms with E-state index in [1.54, 1.807) is 24.3 Å². The smallest absolute Gasteiger partial charge is 0.244 e. The maximum Gasteiger partial charge on any atom is 0.244 e. The lowest BCUT2D eigenvalue weighted by Crippen LogP contribution is -2.53. The van der Waals surface area contributed by atoms with Gasteiger partial charge in [-0.05, 0) is 57.7 Å². The highest BCUT2D eigenvalue weighted by molar-refractivity contribution is 9.10. The monoisotopic (exact) mass is 677 g/mol. The fourth-order valence-electron chi connectivity index (χ4n) is 4.14. The van der Waals surface area contributed by atoms with Crippen molar-refractivity contribution in [3.63, 3.8) is 0 Å². The van der Waals surface area contributed by atoms with Gasteiger partial charge < -0.3 is 10.2 Å². The van der Waals surface area contributed by atoms with Crippen LogP contribution in [-0.4, -0.2) is 50.5 Å². The number of para-hydroxylation sites is 1. The van der Waals surface area contributed by atoms with Gasteiger partial charge in [0.2, 0.25) is 21.8 Å². The Labute approximate surface area is 247 Å². The summed E-state index contributed by atoms with van der Waals surface area (Å²) >= 11 is 6.89. The van der Waals surface area contributed by atoms with Crippen molar-refractivity contribution in [1.82, 2.24) is 10.2 Å². The molecule has 0 spiro atoms. The summed E-state index contributed by atoms with van der Waals surface area (Å²) in [5.74, 6) is -0.759. The molecule has 10 heteroatoms. The molecule has 3 aromatic rings. The highest BCUT2D eigenvalue weighted by atomic mass is 79.9. The molecule has 0 unspecified atom stereocenters. The molecule has 2 amide bonds. The van der Waals surface area contributed by atoms with Gasteiger partial charge in [-0.3, -0.25) is 13.9 Å². The number of hydrogen-bond donors (Lipinski definition) is 1. The third-order valence-electron chi connectivity index (χ3n) is 6.14. The zero-order chi connectivity index (χ0) is 28.4. The van der Waals surface area contributed by atoms with E-state index in [2.05, 4.69) is 37.2 Å². The Kier molecular flexibility index (Phi) is 11.6. The summed E-state index contributed by atoms with van der Waals surface area (Å²) in [5, 5.41) is 2.98. The Bertz CT molecular complexity index is 1370. The van der Waals surface area contributed by atoms with Crippen LogP contribution in [0.4, 0.5) is 5.69 Å². The predicted molar refractivity (Wildman–Crippen MR) is 163 cm³/mol. The molecule has 0 aliphatic carbocycles. The summed E-state index contributed by atoms with van der Waals surface area (Å²) < 4.78 is 28.2. The minimum absolute atomic E-state index is 0.129. The quantitative estimate of drug-likeness (QED) is 0.241. The molecule has 0 saturated heterocycles. The van der Waals surface area contributed by atoms with Gasteiger partial charge in [0.25, 0.3) is 0 Å². The number of halogens is 2. The van der Waals surface area contributed by atoms with Crippen LogP contribution in [0, 0.1) is 0 Å². The second-order valence-corrected chi connectivity index (χ2v) is 12.9. The third-order valence-corrected chi connectivity index (χ3v) is 8.43. The van der Waals surface area contributed by atoms with Crippen LogP contribution in [0.5, 0.6) is 0 Å². The average Bonchev–Trinajstić information content (AvgIpc) is 2.90. The molecule has 0 saturated carbocycles. The summed E-state index contributed by atoms with van der Waals surface area (Å²) in [7, 11) is -3.82. The van der Waals surface area contributed by atoms with E-state index in [1.807, 2.05) is 61.5 Å². The summed E-state index contributed by atoms with van der Waals surface area (Å²) in [6, 6.07) is 23.0. The van der Waals surface area contributed by atoms with Crippen LogP contribution in [-0.2, 0) is 32.6 Å². The second kappa shape index (κ2) is 14.6. The number of sulfonamides is 1. The van der Waals surface area contributed by atoms with E-state index in [9.17, 15) is 18.0 Å². The lowest BCUT2D eigenvalue weighted by Gasteiger charge is -2.33. The fourth-order valence-corrected chi connectivity index (χ4v) is 6.07. The molecule has 7 nitrogen and oxygen atoms in total. The molecule has 3 aromatic carbocycles. The number of hydrogen-bond acceptors (Lipinski definition) is 4. The molecule has 1 atom stereocenters. The second-order valence-electron chi connectivity index (χ2n) is 9.22. The average molecular weight is 679 g/mol. The molecular weight excluding hydrogens is 646 g/mol. The van der Waals surface area contributed by atoms with Crippen LogP contribution in [0.15, 0.2) is 87.8 Å². The van der Waals surface area contributed by atoms with E-state index in [1.165, 1.54) is 4.90 Å². The molecule has 208 valence electrons. The lowest BCUT2D eigenvalue weighted by molar-refractivity contribution is -0.140. The summed E-state index contributed by atoms with van der Waals surface area (Å²) in [6.07, 6.45) is 3.08. The molecule has 0 aromatic heterocycles. The van der Waals surface area contributed by atoms with Crippen LogP contribution < -0.4 is 9.62 Å². The van der Waals surface area contributed by atoms with Crippen LogP contribution in [0.25, 0.3) is 0 Å². The van der Waals surface area contributed by atoms with E-state index in [0.717, 1.165) is 39.0 Å². The molecule has 0 fully saturated rings. The first-order chi connectivity index (χ1) is 18.6. The topological polar surface area (TPSA) is 86.8 Å². The van der Waals surface area contributed by atoms with Crippen LogP contribution in [0.2, 0.25) is 0 Å². The maximum atomic E-state index is 14.1. The van der Waals surface area contributed by atoms with Gasteiger partial charge in [0.15, 0.2) is 0 Å². The predicted octanol–water partition coefficient (Wildman–Crippen LogP) is 5.53. The van der Waals surface area contributed by atoms with Gasteiger partial charge in [-0.2, -0.15) is 0 Å². The van der Waals surface area contributed by atoms with E-state index >= 15 is 0 Å². The van der Waals surface area contributed by atoms with Crippen molar-refractivity contribution in [2.24, 2.45) is 0 Å². The zero-order valence-electron chi connectivity index (χ0n) is 22.0. The minimum atomic E-state index is -3.82. The number of nitrogens with one attached hydrogen (secondary N) is 1. The molecule has 1 N–H and O–H groups in total. The van der Waals surface area contributed by atoms with Crippen molar-refractivity contribution in [3.8, 4) is 0 Å². The molecule has 0 aliphatic heterocycles. The Morgan fingerprint density at radius 1 is 0.923 bits per heavy atom. The number of benzene rings is 3. The van der Waals surface area contributed by atoms with E-state index in [4.69, 9.17) is 0 Å². The number of anilines is 1. The number of unbranched alkanes of at least 4 members (excludes halogenated alkanes) is 1. The van der Waals surface area contributed by atoms with E-state index in [0.29, 0.717) is 16.7 Å². The van der Waals surface area contributed by atoms with Crippen molar-refractivity contribution in [3.05, 3.63) is 98.9 Å². The summed E-state index contributed by atoms with van der Waals surface area (Å²) in [6.45, 7) is 2.21. The molecule has 0 radical (unpaired) electrons. The number of nitrogens with zero attached hydrogens (tertiary/aromatic N) is 2. The molecule has 0 aliphatic rings. The highest BCUT2D eigenvalue weighted by Gasteiger charge is 2.33. The molecular formula is C29H33Br2N3O4S. The summed E-state index contributed by atoms with van der Waals surface area (Å²) in [4.78, 5) is 29.1. The van der Waals surface area contributed by atoms with Gasteiger partial charge in [0.1, 0.15) is 12.6 Å². The van der Waals surface area contributed by atoms with Crippen molar-refractivity contribution in [2.45, 2.75) is 38.8 Å². The first-order valence-electron chi connectivity index (χ1n) is 12.7. The molecule has 3 rings (SSSR count). The van der Waals surface area contributed by atoms with E-state index in [-0.39, 0.29) is 18.9 Å². The zero-order valence-corrected chi connectivity index (χ0v) is 26.0. The Morgan fingerprint density at radius 3 is 2.23 bits per heavy atom. The van der Waals surface area contributed by atoms with Gasteiger partial charge in [0.05, 0.1) is 11.9 Å². The van der Waals surface area contributed by atoms with E-state index < -0.39 is 28.5 Å². The van der Waals surface area contributed by atoms with Gasteiger partial charge in [0, 0.05) is 28.5 Å². The van der Waals surface area contributed by atoms with Gasteiger partial charge >= 0.3 is 0 Å². The molecule has 39 heavy (non-hydrogen) atoms. The van der Waals surface area contributed by atoms with Crippen LogP contribution >= 0.6 is 31.9 Å². The van der Waals surface area contributed by atoms with Crippen LogP contribution in [0.3, 0.4) is 0 Å². The van der Waals surface area contributed by atoms with Gasteiger partial charge in [-0.1, -0.05) is 83.9 Å². The van der Waals surface area contributed by atoms with Crippen molar-refractivity contribution in [1.29, 1.82) is 0 Å². The Hall–Kier alpha value is -2.69. The molecule has 0 bridgehead atoms. The van der Waals surface area contributed by atoms with Crippen molar-refractivity contribution < 1.29 is 18.0 Å². The standard InChI is InChI=1S/C29H33Br2N3O4S/c1-3-4-17-32-29(36)27(19-22-11-6-5-7-12-22)33(20-23-13-10-14-24(30)18-23)28(35)21-34(39(2,37)38)26-16-9-8-15-25(26)31/h5-16,18,27H,3-4,17,19-21H2,1-2H3,(H,32,36)/t27-/m0/s1. The van der Waals surface area contributed by atoms with Gasteiger partial charge in [-0.15, -0.1) is 0 Å². The largest absolute Gasteiger partial charge is 0.354 e. The summed E-state index contributed by atoms with van der Waals surface area (Å²) in [5.41, 5.74) is 2.05. The molecule has 0 heterocycles. The highest BCUT2D eigenvalue weighted by Crippen LogP contribution is 2.28. The third kappa shape index (κ3) is 9.19.